The van der Waals surface area contributed by atoms with Crippen LogP contribution in [0.1, 0.15) is 37.3 Å². The van der Waals surface area contributed by atoms with E-state index in [2.05, 4.69) is 22.5 Å². The Bertz CT molecular complexity index is 667. The molecule has 1 amide bonds. The molecule has 0 bridgehead atoms. The molecule has 2 N–H and O–H groups in total. The van der Waals surface area contributed by atoms with Crippen molar-refractivity contribution in [3.05, 3.63) is 35.4 Å². The molecule has 9 heteroatoms. The van der Waals surface area contributed by atoms with Crippen LogP contribution in [0.5, 0.6) is 0 Å². The second-order valence-corrected chi connectivity index (χ2v) is 6.89. The first-order chi connectivity index (χ1) is 12.8. The van der Waals surface area contributed by atoms with E-state index < -0.39 is 11.7 Å². The van der Waals surface area contributed by atoms with E-state index in [1.165, 1.54) is 6.07 Å². The Morgan fingerprint density at radius 3 is 2.71 bits per heavy atom. The van der Waals surface area contributed by atoms with Crippen LogP contribution < -0.4 is 10.6 Å². The lowest BCUT2D eigenvalue weighted by atomic mass is 10.00. The Morgan fingerprint density at radius 2 is 2.07 bits per heavy atom. The van der Waals surface area contributed by atoms with Crippen molar-refractivity contribution < 1.29 is 18.0 Å². The highest BCUT2D eigenvalue weighted by Gasteiger charge is 2.30. The van der Waals surface area contributed by atoms with E-state index in [4.69, 9.17) is 0 Å². The Morgan fingerprint density at radius 1 is 1.32 bits per heavy atom. The summed E-state index contributed by atoms with van der Waals surface area (Å²) in [5.41, 5.74) is -0.169. The molecule has 1 unspecified atom stereocenters. The first-order valence-corrected chi connectivity index (χ1v) is 9.18. The van der Waals surface area contributed by atoms with Crippen molar-refractivity contribution in [2.45, 2.75) is 38.9 Å². The van der Waals surface area contributed by atoms with E-state index in [1.54, 1.807) is 13.1 Å². The topological polar surface area (TPSA) is 56.7 Å². The predicted molar refractivity (Wildman–Crippen MR) is 115 cm³/mol. The number of rotatable bonds is 5. The monoisotopic (exact) mass is 512 g/mol. The summed E-state index contributed by atoms with van der Waals surface area (Å²) < 4.78 is 38.3. The van der Waals surface area contributed by atoms with Crippen LogP contribution in [0.15, 0.2) is 29.3 Å². The van der Waals surface area contributed by atoms with Gasteiger partial charge in [0.1, 0.15) is 0 Å². The predicted octanol–water partition coefficient (Wildman–Crippen LogP) is 3.64. The number of nitrogens with one attached hydrogen (secondary N) is 2. The number of amides is 1. The highest BCUT2D eigenvalue weighted by molar-refractivity contribution is 14.0. The molecule has 158 valence electrons. The molecule has 0 radical (unpaired) electrons. The number of aliphatic imine (C=N–C) groups is 1. The molecule has 0 aromatic heterocycles. The van der Waals surface area contributed by atoms with Gasteiger partial charge < -0.3 is 15.5 Å². The number of piperidine rings is 1. The minimum absolute atomic E-state index is 0. The van der Waals surface area contributed by atoms with Crippen molar-refractivity contribution in [3.8, 4) is 0 Å². The summed E-state index contributed by atoms with van der Waals surface area (Å²) in [6.45, 7) is 4.40. The van der Waals surface area contributed by atoms with E-state index in [1.807, 2.05) is 4.90 Å². The van der Waals surface area contributed by atoms with Gasteiger partial charge in [-0.3, -0.25) is 9.79 Å². The number of carbonyl (C=O) groups is 1. The molecule has 1 fully saturated rings. The van der Waals surface area contributed by atoms with Crippen molar-refractivity contribution >= 4 is 35.8 Å². The van der Waals surface area contributed by atoms with Crippen molar-refractivity contribution in [1.82, 2.24) is 15.5 Å². The maximum absolute atomic E-state index is 12.8. The standard InChI is InChI=1S/C19H27F3N4O.HI/c1-14-5-4-10-26(13-14)17(27)8-9-24-18(23-2)25-12-15-6-3-7-16(11-15)19(20,21)22;/h3,6-7,11,14H,4-5,8-10,12-13H2,1-2H3,(H2,23,24,25);1H. The molecular formula is C19H28F3IN4O. The summed E-state index contributed by atoms with van der Waals surface area (Å²) >= 11 is 0. The van der Waals surface area contributed by atoms with Gasteiger partial charge >= 0.3 is 6.18 Å². The number of alkyl halides is 3. The minimum atomic E-state index is -4.36. The number of guanidine groups is 1. The summed E-state index contributed by atoms with van der Waals surface area (Å²) in [5.74, 6) is 1.10. The fraction of sp³-hybridized carbons (Fsp3) is 0.579. The average molecular weight is 512 g/mol. The summed E-state index contributed by atoms with van der Waals surface area (Å²) in [6.07, 6.45) is -1.80. The molecule has 1 aliphatic rings. The zero-order valence-electron chi connectivity index (χ0n) is 16.2. The summed E-state index contributed by atoms with van der Waals surface area (Å²) in [7, 11) is 1.58. The molecule has 0 saturated carbocycles. The van der Waals surface area contributed by atoms with Crippen LogP contribution in [0, 0.1) is 5.92 Å². The van der Waals surface area contributed by atoms with Gasteiger partial charge in [-0.15, -0.1) is 24.0 Å². The Hall–Kier alpha value is -1.52. The summed E-state index contributed by atoms with van der Waals surface area (Å²) in [5, 5.41) is 6.01. The van der Waals surface area contributed by atoms with Crippen LogP contribution in [0.3, 0.4) is 0 Å². The van der Waals surface area contributed by atoms with Crippen LogP contribution in [-0.4, -0.2) is 43.4 Å². The van der Waals surface area contributed by atoms with Gasteiger partial charge in [0.05, 0.1) is 5.56 Å². The van der Waals surface area contributed by atoms with Gasteiger partial charge in [-0.25, -0.2) is 0 Å². The second kappa shape index (κ2) is 11.5. The zero-order valence-corrected chi connectivity index (χ0v) is 18.5. The summed E-state index contributed by atoms with van der Waals surface area (Å²) in [6, 6.07) is 5.16. The third-order valence-corrected chi connectivity index (χ3v) is 4.58. The fourth-order valence-electron chi connectivity index (χ4n) is 3.13. The molecule has 1 aromatic carbocycles. The molecule has 1 heterocycles. The van der Waals surface area contributed by atoms with Crippen LogP contribution in [-0.2, 0) is 17.5 Å². The lowest BCUT2D eigenvalue weighted by molar-refractivity contribution is -0.137. The van der Waals surface area contributed by atoms with E-state index in [-0.39, 0.29) is 36.4 Å². The smallest absolute Gasteiger partial charge is 0.356 e. The van der Waals surface area contributed by atoms with Crippen molar-refractivity contribution in [1.29, 1.82) is 0 Å². The third-order valence-electron chi connectivity index (χ3n) is 4.58. The average Bonchev–Trinajstić information content (AvgIpc) is 2.64. The molecule has 0 aliphatic carbocycles. The number of hydrogen-bond donors (Lipinski definition) is 2. The molecule has 1 saturated heterocycles. The Labute approximate surface area is 181 Å². The molecule has 1 aliphatic heterocycles. The van der Waals surface area contributed by atoms with Gasteiger partial charge in [-0.05, 0) is 36.5 Å². The van der Waals surface area contributed by atoms with Gasteiger partial charge in [0.15, 0.2) is 5.96 Å². The first-order valence-electron chi connectivity index (χ1n) is 9.18. The largest absolute Gasteiger partial charge is 0.416 e. The van der Waals surface area contributed by atoms with Gasteiger partial charge in [0.25, 0.3) is 0 Å². The molecule has 1 atom stereocenters. The van der Waals surface area contributed by atoms with Crippen LogP contribution in [0.2, 0.25) is 0 Å². The quantitative estimate of drug-likeness (QED) is 0.360. The molecule has 5 nitrogen and oxygen atoms in total. The Balaban J connectivity index is 0.00000392. The van der Waals surface area contributed by atoms with Crippen molar-refractivity contribution in [3.63, 3.8) is 0 Å². The molecule has 2 rings (SSSR count). The lowest BCUT2D eigenvalue weighted by Crippen LogP contribution is -2.42. The van der Waals surface area contributed by atoms with Crippen LogP contribution in [0.4, 0.5) is 13.2 Å². The van der Waals surface area contributed by atoms with E-state index in [0.717, 1.165) is 38.1 Å². The SMILES string of the molecule is CN=C(NCCC(=O)N1CCCC(C)C1)NCc1cccc(C(F)(F)F)c1.I. The molecule has 28 heavy (non-hydrogen) atoms. The summed E-state index contributed by atoms with van der Waals surface area (Å²) in [4.78, 5) is 18.2. The van der Waals surface area contributed by atoms with E-state index in [0.29, 0.717) is 30.4 Å². The number of carbonyl (C=O) groups excluding carboxylic acids is 1. The van der Waals surface area contributed by atoms with Gasteiger partial charge in [0, 0.05) is 39.6 Å². The number of halogens is 4. The zero-order chi connectivity index (χ0) is 19.9. The molecule has 0 spiro atoms. The normalized spacial score (nSPS) is 17.7. The van der Waals surface area contributed by atoms with Crippen LogP contribution in [0.25, 0.3) is 0 Å². The molecule has 1 aromatic rings. The first kappa shape index (κ1) is 24.5. The second-order valence-electron chi connectivity index (χ2n) is 6.89. The maximum Gasteiger partial charge on any atom is 0.416 e. The van der Waals surface area contributed by atoms with E-state index >= 15 is 0 Å². The minimum Gasteiger partial charge on any atom is -0.356 e. The number of benzene rings is 1. The van der Waals surface area contributed by atoms with Gasteiger partial charge in [-0.2, -0.15) is 13.2 Å². The van der Waals surface area contributed by atoms with Gasteiger partial charge in [-0.1, -0.05) is 19.1 Å². The highest BCUT2D eigenvalue weighted by Crippen LogP contribution is 2.29. The van der Waals surface area contributed by atoms with Crippen LogP contribution >= 0.6 is 24.0 Å². The van der Waals surface area contributed by atoms with Crippen molar-refractivity contribution in [2.75, 3.05) is 26.7 Å². The fourth-order valence-corrected chi connectivity index (χ4v) is 3.13. The van der Waals surface area contributed by atoms with Gasteiger partial charge in [0.2, 0.25) is 5.91 Å². The lowest BCUT2D eigenvalue weighted by Gasteiger charge is -2.31. The third kappa shape index (κ3) is 7.84. The maximum atomic E-state index is 12.8. The van der Waals surface area contributed by atoms with E-state index in [9.17, 15) is 18.0 Å². The molecular weight excluding hydrogens is 484 g/mol. The Kier molecular flexibility index (Phi) is 10.0. The van der Waals surface area contributed by atoms with Crippen molar-refractivity contribution in [2.24, 2.45) is 10.9 Å². The highest BCUT2D eigenvalue weighted by atomic mass is 127. The number of likely N-dealkylation sites (tertiary alicyclic amines) is 1. The number of hydrogen-bond acceptors (Lipinski definition) is 2. The number of nitrogens with zero attached hydrogens (tertiary/aromatic N) is 2.